The van der Waals surface area contributed by atoms with E-state index < -0.39 is 18.3 Å². The molecule has 0 unspecified atom stereocenters. The highest BCUT2D eigenvalue weighted by molar-refractivity contribution is 6.32. The maximum absolute atomic E-state index is 13.0. The Morgan fingerprint density at radius 2 is 1.97 bits per heavy atom. The van der Waals surface area contributed by atoms with Crippen molar-refractivity contribution in [2.75, 3.05) is 31.0 Å². The number of hydrogen-bond acceptors (Lipinski definition) is 11. The van der Waals surface area contributed by atoms with Crippen molar-refractivity contribution in [3.8, 4) is 5.75 Å². The summed E-state index contributed by atoms with van der Waals surface area (Å²) in [6.07, 6.45) is 4.65. The molecule has 13 heteroatoms. The molecule has 2 N–H and O–H groups in total. The lowest BCUT2D eigenvalue weighted by Gasteiger charge is -2.24. The summed E-state index contributed by atoms with van der Waals surface area (Å²) >= 11 is 6.26. The summed E-state index contributed by atoms with van der Waals surface area (Å²) in [6, 6.07) is 7.08. The molecule has 1 aromatic carbocycles. The maximum atomic E-state index is 13.0. The van der Waals surface area contributed by atoms with Crippen LogP contribution in [0.3, 0.4) is 0 Å². The Morgan fingerprint density at radius 1 is 1.16 bits per heavy atom. The van der Waals surface area contributed by atoms with Crippen molar-refractivity contribution < 1.29 is 23.8 Å². The van der Waals surface area contributed by atoms with Crippen molar-refractivity contribution in [1.29, 1.82) is 0 Å². The molecule has 1 amide bonds. The third-order valence-corrected chi connectivity index (χ3v) is 5.87. The molecule has 0 aliphatic carbocycles. The number of methoxy groups -OCH3 is 2. The van der Waals surface area contributed by atoms with Crippen LogP contribution >= 0.6 is 11.6 Å². The molecule has 0 bridgehead atoms. The maximum Gasteiger partial charge on any atom is 0.509 e. The quantitative estimate of drug-likeness (QED) is 0.396. The number of amides is 1. The topological polar surface area (TPSA) is 141 Å². The van der Waals surface area contributed by atoms with Crippen LogP contribution < -0.4 is 20.3 Å². The number of nitrogens with zero attached hydrogens (tertiary/aromatic N) is 5. The molecule has 3 aromatic rings. The minimum Gasteiger partial charge on any atom is -0.495 e. The second kappa shape index (κ2) is 12.2. The lowest BCUT2D eigenvalue weighted by atomic mass is 10.2. The van der Waals surface area contributed by atoms with Crippen molar-refractivity contribution in [3.05, 3.63) is 64.8 Å². The average molecular weight is 528 g/mol. The first kappa shape index (κ1) is 25.9. The van der Waals surface area contributed by atoms with Gasteiger partial charge in [0.05, 0.1) is 25.8 Å². The number of anilines is 2. The van der Waals surface area contributed by atoms with E-state index in [9.17, 15) is 9.59 Å². The van der Waals surface area contributed by atoms with Crippen LogP contribution in [-0.4, -0.2) is 59.0 Å². The first-order chi connectivity index (χ1) is 18.0. The van der Waals surface area contributed by atoms with E-state index >= 15 is 0 Å². The first-order valence-corrected chi connectivity index (χ1v) is 11.8. The Labute approximate surface area is 218 Å². The minimum absolute atomic E-state index is 0.135. The van der Waals surface area contributed by atoms with Gasteiger partial charge in [0.15, 0.2) is 6.23 Å². The van der Waals surface area contributed by atoms with Crippen molar-refractivity contribution >= 4 is 35.4 Å². The minimum atomic E-state index is -0.786. The summed E-state index contributed by atoms with van der Waals surface area (Å²) in [5.74, 6) is 1.23. The van der Waals surface area contributed by atoms with Crippen LogP contribution in [0.1, 0.15) is 34.6 Å². The Balaban J connectivity index is 1.57. The molecule has 1 aliphatic rings. The van der Waals surface area contributed by atoms with E-state index in [2.05, 4.69) is 35.3 Å². The van der Waals surface area contributed by atoms with Crippen molar-refractivity contribution in [1.82, 2.24) is 25.3 Å². The molecule has 194 valence electrons. The molecule has 0 saturated carbocycles. The fourth-order valence-electron chi connectivity index (χ4n) is 3.74. The average Bonchev–Trinajstić information content (AvgIpc) is 3.39. The number of aromatic nitrogens is 4. The zero-order valence-electron chi connectivity index (χ0n) is 20.3. The number of halogens is 1. The van der Waals surface area contributed by atoms with Gasteiger partial charge in [0.1, 0.15) is 23.0 Å². The predicted octanol–water partition coefficient (Wildman–Crippen LogP) is 3.18. The normalized spacial score (nSPS) is 14.7. The summed E-state index contributed by atoms with van der Waals surface area (Å²) in [4.78, 5) is 43.7. The van der Waals surface area contributed by atoms with Crippen LogP contribution in [-0.2, 0) is 22.6 Å². The second-order valence-electron chi connectivity index (χ2n) is 7.96. The molecule has 1 aliphatic heterocycles. The van der Waals surface area contributed by atoms with Gasteiger partial charge in [-0.05, 0) is 30.2 Å². The monoisotopic (exact) mass is 527 g/mol. The Kier molecular flexibility index (Phi) is 8.52. The molecule has 12 nitrogen and oxygen atoms in total. The van der Waals surface area contributed by atoms with Crippen LogP contribution in [0.5, 0.6) is 5.75 Å². The molecule has 1 atom stereocenters. The van der Waals surface area contributed by atoms with E-state index in [1.165, 1.54) is 13.3 Å². The van der Waals surface area contributed by atoms with Crippen LogP contribution in [0, 0.1) is 0 Å². The van der Waals surface area contributed by atoms with Gasteiger partial charge in [-0.2, -0.15) is 4.98 Å². The van der Waals surface area contributed by atoms with Gasteiger partial charge >= 0.3 is 6.16 Å². The lowest BCUT2D eigenvalue weighted by molar-refractivity contribution is 0.0402. The number of benzene rings is 1. The first-order valence-electron chi connectivity index (χ1n) is 11.5. The third kappa shape index (κ3) is 6.53. The predicted molar refractivity (Wildman–Crippen MR) is 134 cm³/mol. The smallest absolute Gasteiger partial charge is 0.495 e. The molecule has 0 radical (unpaired) electrons. The number of rotatable bonds is 9. The molecular weight excluding hydrogens is 502 g/mol. The van der Waals surface area contributed by atoms with Gasteiger partial charge in [0, 0.05) is 38.1 Å². The van der Waals surface area contributed by atoms with E-state index in [0.717, 1.165) is 12.0 Å². The van der Waals surface area contributed by atoms with E-state index in [1.807, 2.05) is 6.07 Å². The molecule has 1 fully saturated rings. The second-order valence-corrected chi connectivity index (χ2v) is 8.37. The molecule has 2 aromatic heterocycles. The zero-order valence-corrected chi connectivity index (χ0v) is 21.1. The number of carbonyl (C=O) groups excluding carboxylic acids is 2. The molecule has 1 saturated heterocycles. The SMILES string of the molecule is COC(=O)O[C@H]1CCCN1c1ncc(C(=O)NCc2ncccn2)c(NCc2ccc(OC)c(Cl)c2)n1. The number of hydrogen-bond donors (Lipinski definition) is 2. The molecule has 0 spiro atoms. The summed E-state index contributed by atoms with van der Waals surface area (Å²) in [6.45, 7) is 1.03. The number of nitrogens with one attached hydrogen (secondary N) is 2. The molecule has 3 heterocycles. The van der Waals surface area contributed by atoms with Crippen LogP contribution in [0.15, 0.2) is 42.9 Å². The van der Waals surface area contributed by atoms with Gasteiger partial charge in [0.25, 0.3) is 5.91 Å². The zero-order chi connectivity index (χ0) is 26.2. The van der Waals surface area contributed by atoms with Crippen LogP contribution in [0.2, 0.25) is 5.02 Å². The molecular formula is C24H26ClN7O5. The highest BCUT2D eigenvalue weighted by atomic mass is 35.5. The summed E-state index contributed by atoms with van der Waals surface area (Å²) in [5.41, 5.74) is 1.08. The molecule has 4 rings (SSSR count). The highest BCUT2D eigenvalue weighted by Crippen LogP contribution is 2.27. The Morgan fingerprint density at radius 3 is 2.70 bits per heavy atom. The van der Waals surface area contributed by atoms with Crippen molar-refractivity contribution in [2.24, 2.45) is 0 Å². The van der Waals surface area contributed by atoms with Gasteiger partial charge in [0.2, 0.25) is 5.95 Å². The highest BCUT2D eigenvalue weighted by Gasteiger charge is 2.31. The Hall–Kier alpha value is -4.19. The fourth-order valence-corrected chi connectivity index (χ4v) is 4.02. The van der Waals surface area contributed by atoms with Gasteiger partial charge in [-0.1, -0.05) is 17.7 Å². The number of carbonyl (C=O) groups is 2. The van der Waals surface area contributed by atoms with E-state index in [1.54, 1.807) is 42.6 Å². The van der Waals surface area contributed by atoms with E-state index in [-0.39, 0.29) is 12.1 Å². The van der Waals surface area contributed by atoms with Gasteiger partial charge < -0.3 is 29.7 Å². The summed E-state index contributed by atoms with van der Waals surface area (Å²) in [7, 11) is 2.79. The van der Waals surface area contributed by atoms with Gasteiger partial charge in [-0.25, -0.2) is 19.7 Å². The third-order valence-electron chi connectivity index (χ3n) is 5.58. The summed E-state index contributed by atoms with van der Waals surface area (Å²) in [5, 5.41) is 6.45. The molecule has 37 heavy (non-hydrogen) atoms. The summed E-state index contributed by atoms with van der Waals surface area (Å²) < 4.78 is 15.2. The van der Waals surface area contributed by atoms with Gasteiger partial charge in [-0.15, -0.1) is 0 Å². The van der Waals surface area contributed by atoms with E-state index in [4.69, 9.17) is 21.1 Å². The lowest BCUT2D eigenvalue weighted by Crippen LogP contribution is -2.35. The number of ether oxygens (including phenoxy) is 3. The van der Waals surface area contributed by atoms with Crippen LogP contribution in [0.25, 0.3) is 0 Å². The fraction of sp³-hybridized carbons (Fsp3) is 0.333. The largest absolute Gasteiger partial charge is 0.509 e. The van der Waals surface area contributed by atoms with Gasteiger partial charge in [-0.3, -0.25) is 4.79 Å². The Bertz CT molecular complexity index is 1250. The van der Waals surface area contributed by atoms with Crippen LogP contribution in [0.4, 0.5) is 16.6 Å². The standard InChI is InChI=1S/C24H26ClN7O5/c1-35-18-7-6-15(11-17(18)25)12-28-21-16(22(33)29-14-19-26-8-4-9-27-19)13-30-23(31-21)32-10-3-5-20(32)37-24(34)36-2/h4,6-9,11,13,20H,3,5,10,12,14H2,1-2H3,(H,29,33)(H,28,30,31)/t20-/m0/s1. The van der Waals surface area contributed by atoms with E-state index in [0.29, 0.717) is 47.9 Å². The van der Waals surface area contributed by atoms with Crippen molar-refractivity contribution in [3.63, 3.8) is 0 Å². The van der Waals surface area contributed by atoms with Crippen molar-refractivity contribution in [2.45, 2.75) is 32.2 Å².